The lowest BCUT2D eigenvalue weighted by atomic mass is 10.0. The number of rotatable bonds is 11. The number of carbonyl (C=O) groups is 2. The lowest BCUT2D eigenvalue weighted by Crippen LogP contribution is -2.47. The van der Waals surface area contributed by atoms with E-state index in [4.69, 9.17) is 16.0 Å². The molecule has 37 heavy (non-hydrogen) atoms. The number of likely N-dealkylation sites (tertiary alicyclic amines) is 1. The lowest BCUT2D eigenvalue weighted by molar-refractivity contribution is -0.127. The summed E-state index contributed by atoms with van der Waals surface area (Å²) in [7, 11) is 0. The van der Waals surface area contributed by atoms with E-state index in [0.29, 0.717) is 35.1 Å². The topological polar surface area (TPSA) is 86.9 Å². The minimum atomic E-state index is -0.252. The molecule has 0 radical (unpaired) electrons. The first kappa shape index (κ1) is 26.6. The van der Waals surface area contributed by atoms with Crippen molar-refractivity contribution in [1.82, 2.24) is 15.6 Å². The highest BCUT2D eigenvalue weighted by Crippen LogP contribution is 2.28. The fourth-order valence-corrected chi connectivity index (χ4v) is 4.76. The second-order valence-corrected chi connectivity index (χ2v) is 9.55. The monoisotopic (exact) mass is 520 g/mol. The van der Waals surface area contributed by atoms with Gasteiger partial charge in [-0.25, -0.2) is 5.43 Å². The Bertz CT molecular complexity index is 1190. The Balaban J connectivity index is 1.28. The fourth-order valence-electron chi connectivity index (χ4n) is 4.53. The van der Waals surface area contributed by atoms with Crippen LogP contribution in [0.3, 0.4) is 0 Å². The number of nitrogens with zero attached hydrogens (tertiary/aromatic N) is 2. The van der Waals surface area contributed by atoms with Crippen LogP contribution < -0.4 is 10.7 Å². The number of amides is 2. The lowest BCUT2D eigenvalue weighted by Gasteiger charge is -2.33. The maximum absolute atomic E-state index is 13.1. The molecule has 0 saturated carbocycles. The molecule has 2 heterocycles. The van der Waals surface area contributed by atoms with Gasteiger partial charge < -0.3 is 9.73 Å². The number of hydrogen-bond donors (Lipinski definition) is 2. The quantitative estimate of drug-likeness (QED) is 0.198. The van der Waals surface area contributed by atoms with Crippen LogP contribution in [0, 0.1) is 0 Å². The number of hydrogen-bond acceptors (Lipinski definition) is 5. The Hall–Kier alpha value is -3.42. The number of nitrogens with one attached hydrogen (secondary N) is 2. The number of hydrazone groups is 1. The molecule has 1 fully saturated rings. The summed E-state index contributed by atoms with van der Waals surface area (Å²) in [5, 5.41) is 7.72. The van der Waals surface area contributed by atoms with Gasteiger partial charge in [0.15, 0.2) is 0 Å². The van der Waals surface area contributed by atoms with Gasteiger partial charge in [-0.2, -0.15) is 5.10 Å². The largest absolute Gasteiger partial charge is 0.455 e. The van der Waals surface area contributed by atoms with E-state index in [0.717, 1.165) is 44.3 Å². The summed E-state index contributed by atoms with van der Waals surface area (Å²) in [6.45, 7) is 2.39. The first-order valence-corrected chi connectivity index (χ1v) is 13.2. The van der Waals surface area contributed by atoms with Gasteiger partial charge >= 0.3 is 0 Å². The molecular weight excluding hydrogens is 488 g/mol. The SMILES string of the molecule is O=C(NCCCCC(C(=O)NN=Cc1ccc(-c2ccccc2Cl)o1)N1CCCCC1)c1ccccc1. The first-order valence-electron chi connectivity index (χ1n) is 12.9. The van der Waals surface area contributed by atoms with Gasteiger partial charge in [-0.1, -0.05) is 48.4 Å². The third-order valence-electron chi connectivity index (χ3n) is 6.49. The predicted octanol–water partition coefficient (Wildman–Crippen LogP) is 5.50. The van der Waals surface area contributed by atoms with Crippen LogP contribution in [0.2, 0.25) is 5.02 Å². The normalized spacial score (nSPS) is 14.9. The standard InChI is InChI=1S/C29H33ClN4O3/c30-25-14-6-5-13-24(25)27-17-16-23(37-27)21-32-33-29(36)26(34-19-9-2-10-20-34)15-7-8-18-31-28(35)22-11-3-1-4-12-22/h1,3-6,11-14,16-17,21,26H,2,7-10,15,18-20H2,(H,31,35)(H,33,36). The van der Waals surface area contributed by atoms with Crippen molar-refractivity contribution in [3.63, 3.8) is 0 Å². The van der Waals surface area contributed by atoms with Crippen LogP contribution in [0.25, 0.3) is 11.3 Å². The van der Waals surface area contributed by atoms with Crippen LogP contribution >= 0.6 is 11.6 Å². The zero-order valence-corrected chi connectivity index (χ0v) is 21.6. The number of piperidine rings is 1. The Morgan fingerprint density at radius 2 is 1.73 bits per heavy atom. The molecule has 3 aromatic rings. The predicted molar refractivity (Wildman–Crippen MR) is 147 cm³/mol. The molecular formula is C29H33ClN4O3. The molecule has 7 nitrogen and oxygen atoms in total. The van der Waals surface area contributed by atoms with Crippen molar-refractivity contribution in [3.8, 4) is 11.3 Å². The zero-order valence-electron chi connectivity index (χ0n) is 20.9. The summed E-state index contributed by atoms with van der Waals surface area (Å²) in [4.78, 5) is 27.5. The molecule has 194 valence electrons. The molecule has 1 saturated heterocycles. The van der Waals surface area contributed by atoms with E-state index >= 15 is 0 Å². The van der Waals surface area contributed by atoms with Gasteiger partial charge in [-0.15, -0.1) is 0 Å². The molecule has 1 aliphatic rings. The second kappa shape index (κ2) is 13.8. The molecule has 0 aliphatic carbocycles. The highest BCUT2D eigenvalue weighted by molar-refractivity contribution is 6.33. The smallest absolute Gasteiger partial charge is 0.257 e. The summed E-state index contributed by atoms with van der Waals surface area (Å²) in [5.41, 5.74) is 4.16. The summed E-state index contributed by atoms with van der Waals surface area (Å²) < 4.78 is 5.82. The van der Waals surface area contributed by atoms with E-state index in [1.54, 1.807) is 18.2 Å². The Morgan fingerprint density at radius 1 is 0.973 bits per heavy atom. The van der Waals surface area contributed by atoms with Crippen molar-refractivity contribution in [2.75, 3.05) is 19.6 Å². The van der Waals surface area contributed by atoms with Gasteiger partial charge in [-0.3, -0.25) is 14.5 Å². The minimum absolute atomic E-state index is 0.0733. The van der Waals surface area contributed by atoms with Crippen LogP contribution in [0.5, 0.6) is 0 Å². The highest BCUT2D eigenvalue weighted by Gasteiger charge is 2.26. The summed E-state index contributed by atoms with van der Waals surface area (Å²) >= 11 is 6.25. The molecule has 1 unspecified atom stereocenters. The van der Waals surface area contributed by atoms with Crippen LogP contribution in [0.4, 0.5) is 0 Å². The van der Waals surface area contributed by atoms with Gasteiger partial charge in [0.05, 0.1) is 17.3 Å². The van der Waals surface area contributed by atoms with Crippen molar-refractivity contribution in [3.05, 3.63) is 83.1 Å². The summed E-state index contributed by atoms with van der Waals surface area (Å²) in [6, 6.07) is 20.0. The number of unbranched alkanes of at least 4 members (excludes halogenated alkanes) is 1. The minimum Gasteiger partial charge on any atom is -0.455 e. The molecule has 8 heteroatoms. The number of benzene rings is 2. The van der Waals surface area contributed by atoms with Gasteiger partial charge in [0.25, 0.3) is 11.8 Å². The Kier molecular flexibility index (Phi) is 9.91. The van der Waals surface area contributed by atoms with E-state index in [-0.39, 0.29) is 17.9 Å². The molecule has 4 rings (SSSR count). The second-order valence-electron chi connectivity index (χ2n) is 9.15. The van der Waals surface area contributed by atoms with Crippen LogP contribution in [-0.4, -0.2) is 48.6 Å². The number of halogens is 1. The number of furan rings is 1. The van der Waals surface area contributed by atoms with Gasteiger partial charge in [0, 0.05) is 17.7 Å². The van der Waals surface area contributed by atoms with Crippen molar-refractivity contribution in [2.45, 2.75) is 44.6 Å². The summed E-state index contributed by atoms with van der Waals surface area (Å²) in [6.07, 6.45) is 7.23. The Morgan fingerprint density at radius 3 is 2.51 bits per heavy atom. The molecule has 2 N–H and O–H groups in total. The van der Waals surface area contributed by atoms with Gasteiger partial charge in [0.2, 0.25) is 0 Å². The van der Waals surface area contributed by atoms with Gasteiger partial charge in [-0.05, 0) is 81.6 Å². The van der Waals surface area contributed by atoms with E-state index in [1.165, 1.54) is 12.6 Å². The molecule has 0 bridgehead atoms. The molecule has 1 aliphatic heterocycles. The van der Waals surface area contributed by atoms with Crippen LogP contribution in [0.1, 0.15) is 54.6 Å². The fraction of sp³-hybridized carbons (Fsp3) is 0.345. The van der Waals surface area contributed by atoms with E-state index in [9.17, 15) is 9.59 Å². The molecule has 2 amide bonds. The van der Waals surface area contributed by atoms with E-state index in [2.05, 4.69) is 20.7 Å². The third-order valence-corrected chi connectivity index (χ3v) is 6.82. The maximum Gasteiger partial charge on any atom is 0.257 e. The molecule has 0 spiro atoms. The zero-order chi connectivity index (χ0) is 25.9. The molecule has 1 atom stereocenters. The first-order chi connectivity index (χ1) is 18.1. The number of carbonyl (C=O) groups excluding carboxylic acids is 2. The Labute approximate surface area is 222 Å². The molecule has 2 aromatic carbocycles. The van der Waals surface area contributed by atoms with Crippen molar-refractivity contribution in [1.29, 1.82) is 0 Å². The maximum atomic E-state index is 13.1. The van der Waals surface area contributed by atoms with E-state index < -0.39 is 0 Å². The van der Waals surface area contributed by atoms with Crippen molar-refractivity contribution >= 4 is 29.6 Å². The average molecular weight is 521 g/mol. The third kappa shape index (κ3) is 7.78. The highest BCUT2D eigenvalue weighted by atomic mass is 35.5. The summed E-state index contributed by atoms with van der Waals surface area (Å²) in [5.74, 6) is 0.975. The van der Waals surface area contributed by atoms with Crippen molar-refractivity contribution in [2.24, 2.45) is 5.10 Å². The van der Waals surface area contributed by atoms with E-state index in [1.807, 2.05) is 48.5 Å². The average Bonchev–Trinajstić information content (AvgIpc) is 3.40. The van der Waals surface area contributed by atoms with Crippen LogP contribution in [0.15, 0.2) is 76.2 Å². The van der Waals surface area contributed by atoms with Crippen molar-refractivity contribution < 1.29 is 14.0 Å². The van der Waals surface area contributed by atoms with Gasteiger partial charge in [0.1, 0.15) is 11.5 Å². The van der Waals surface area contributed by atoms with Crippen LogP contribution in [-0.2, 0) is 4.79 Å². The molecule has 1 aromatic heterocycles.